The maximum Gasteiger partial charge on any atom is 0.321 e. The molecule has 19 heavy (non-hydrogen) atoms. The van der Waals surface area contributed by atoms with Crippen molar-refractivity contribution in [3.63, 3.8) is 0 Å². The van der Waals surface area contributed by atoms with Gasteiger partial charge in [0, 0.05) is 13.2 Å². The van der Waals surface area contributed by atoms with Crippen molar-refractivity contribution in [1.29, 1.82) is 0 Å². The lowest BCUT2D eigenvalue weighted by Gasteiger charge is -2.14. The van der Waals surface area contributed by atoms with Gasteiger partial charge in [0.05, 0.1) is 0 Å². The summed E-state index contributed by atoms with van der Waals surface area (Å²) >= 11 is 0. The third-order valence-electron chi connectivity index (χ3n) is 3.02. The Balaban J connectivity index is 2.11. The fourth-order valence-corrected chi connectivity index (χ4v) is 3.85. The number of hydrogen-bond donors (Lipinski definition) is 0. The van der Waals surface area contributed by atoms with E-state index in [4.69, 9.17) is 8.85 Å². The number of benzene rings is 1. The Morgan fingerprint density at radius 2 is 1.58 bits per heavy atom. The Morgan fingerprint density at radius 1 is 0.947 bits per heavy atom. The van der Waals surface area contributed by atoms with E-state index in [-0.39, 0.29) is 5.82 Å². The van der Waals surface area contributed by atoms with Gasteiger partial charge in [0.2, 0.25) is 0 Å². The van der Waals surface area contributed by atoms with Crippen LogP contribution in [0.5, 0.6) is 0 Å². The van der Waals surface area contributed by atoms with Crippen LogP contribution in [0.2, 0.25) is 6.04 Å². The van der Waals surface area contributed by atoms with E-state index in [1.807, 2.05) is 26.0 Å². The van der Waals surface area contributed by atoms with Gasteiger partial charge in [0.25, 0.3) is 0 Å². The molecule has 0 fully saturated rings. The van der Waals surface area contributed by atoms with Crippen LogP contribution in [0.15, 0.2) is 24.3 Å². The highest BCUT2D eigenvalue weighted by atomic mass is 28.3. The zero-order valence-corrected chi connectivity index (χ0v) is 13.2. The fourth-order valence-electron chi connectivity index (χ4n) is 2.05. The lowest BCUT2D eigenvalue weighted by molar-refractivity contribution is 0.212. The van der Waals surface area contributed by atoms with Gasteiger partial charge in [0.15, 0.2) is 0 Å². The summed E-state index contributed by atoms with van der Waals surface area (Å²) in [5.41, 5.74) is 1.21. The topological polar surface area (TPSA) is 18.5 Å². The molecule has 0 N–H and O–H groups in total. The van der Waals surface area contributed by atoms with Crippen LogP contribution in [0.3, 0.4) is 0 Å². The predicted molar refractivity (Wildman–Crippen MR) is 79.2 cm³/mol. The van der Waals surface area contributed by atoms with Crippen LogP contribution in [-0.2, 0) is 15.3 Å². The molecule has 0 spiro atoms. The summed E-state index contributed by atoms with van der Waals surface area (Å²) in [6.07, 6.45) is 4.51. The quantitative estimate of drug-likeness (QED) is 0.480. The van der Waals surface area contributed by atoms with Gasteiger partial charge < -0.3 is 8.85 Å². The van der Waals surface area contributed by atoms with Crippen LogP contribution < -0.4 is 0 Å². The van der Waals surface area contributed by atoms with Crippen molar-refractivity contribution in [2.24, 2.45) is 0 Å². The van der Waals surface area contributed by atoms with Crippen LogP contribution in [0, 0.1) is 5.82 Å². The molecule has 0 heterocycles. The van der Waals surface area contributed by atoms with E-state index < -0.39 is 9.28 Å². The first kappa shape index (κ1) is 16.3. The smallest absolute Gasteiger partial charge is 0.321 e. The lowest BCUT2D eigenvalue weighted by Crippen LogP contribution is -2.22. The van der Waals surface area contributed by atoms with Crippen molar-refractivity contribution in [2.75, 3.05) is 13.2 Å². The van der Waals surface area contributed by atoms with Crippen molar-refractivity contribution >= 4 is 9.28 Å². The Morgan fingerprint density at radius 3 is 2.16 bits per heavy atom. The lowest BCUT2D eigenvalue weighted by atomic mass is 10.1. The monoisotopic (exact) mass is 284 g/mol. The molecule has 1 rings (SSSR count). The molecule has 0 aliphatic heterocycles. The minimum Gasteiger partial charge on any atom is -0.397 e. The Kier molecular flexibility index (Phi) is 8.70. The Hall–Kier alpha value is -0.713. The molecule has 2 nitrogen and oxygen atoms in total. The third kappa shape index (κ3) is 7.45. The van der Waals surface area contributed by atoms with E-state index in [1.54, 1.807) is 0 Å². The Bertz CT molecular complexity index is 323. The minimum absolute atomic E-state index is 0.161. The summed E-state index contributed by atoms with van der Waals surface area (Å²) in [7, 11) is -1.41. The molecule has 0 saturated carbocycles. The number of aryl methyl sites for hydroxylation is 1. The number of rotatable bonds is 10. The first-order valence-electron chi connectivity index (χ1n) is 7.24. The zero-order chi connectivity index (χ0) is 13.9. The molecule has 0 bridgehead atoms. The first-order chi connectivity index (χ1) is 9.26. The molecule has 4 heteroatoms. The highest BCUT2D eigenvalue weighted by Gasteiger charge is 2.10. The Labute approximate surface area is 117 Å². The van der Waals surface area contributed by atoms with E-state index in [2.05, 4.69) is 0 Å². The highest BCUT2D eigenvalue weighted by molar-refractivity contribution is 6.44. The number of halogens is 1. The molecule has 0 aliphatic carbocycles. The largest absolute Gasteiger partial charge is 0.397 e. The normalized spacial score (nSPS) is 11.2. The van der Waals surface area contributed by atoms with Gasteiger partial charge in [-0.05, 0) is 50.4 Å². The SMILES string of the molecule is CCO[SiH](CCCCCc1ccc(F)cc1)OCC. The number of unbranched alkanes of at least 4 members (excludes halogenated alkanes) is 2. The van der Waals surface area contributed by atoms with Crippen LogP contribution in [0.25, 0.3) is 0 Å². The fraction of sp³-hybridized carbons (Fsp3) is 0.600. The van der Waals surface area contributed by atoms with Gasteiger partial charge >= 0.3 is 9.28 Å². The second-order valence-corrected chi connectivity index (χ2v) is 6.67. The molecule has 1 aromatic rings. The number of hydrogen-bond acceptors (Lipinski definition) is 2. The first-order valence-corrected chi connectivity index (χ1v) is 8.99. The predicted octanol–water partition coefficient (Wildman–Crippen LogP) is 3.83. The molecule has 0 atom stereocenters. The van der Waals surface area contributed by atoms with Crippen LogP contribution in [0.1, 0.15) is 38.7 Å². The molecular formula is C15H25FO2Si. The summed E-state index contributed by atoms with van der Waals surface area (Å²) in [6.45, 7) is 5.56. The van der Waals surface area contributed by atoms with Crippen LogP contribution in [0.4, 0.5) is 4.39 Å². The van der Waals surface area contributed by atoms with Gasteiger partial charge in [0.1, 0.15) is 5.82 Å². The van der Waals surface area contributed by atoms with E-state index in [9.17, 15) is 4.39 Å². The molecule has 0 radical (unpaired) electrons. The van der Waals surface area contributed by atoms with E-state index in [0.29, 0.717) is 0 Å². The minimum atomic E-state index is -1.41. The second kappa shape index (κ2) is 10.1. The van der Waals surface area contributed by atoms with E-state index in [0.717, 1.165) is 38.5 Å². The molecular weight excluding hydrogens is 259 g/mol. The van der Waals surface area contributed by atoms with Crippen molar-refractivity contribution in [1.82, 2.24) is 0 Å². The zero-order valence-electron chi connectivity index (χ0n) is 12.0. The summed E-state index contributed by atoms with van der Waals surface area (Å²) in [6, 6.07) is 7.89. The molecule has 0 unspecified atom stereocenters. The van der Waals surface area contributed by atoms with Gasteiger partial charge in [-0.25, -0.2) is 4.39 Å². The second-order valence-electron chi connectivity index (χ2n) is 4.57. The van der Waals surface area contributed by atoms with Crippen molar-refractivity contribution in [2.45, 2.75) is 45.6 Å². The summed E-state index contributed by atoms with van der Waals surface area (Å²) in [5, 5.41) is 0. The average Bonchev–Trinajstić information content (AvgIpc) is 2.41. The van der Waals surface area contributed by atoms with Crippen molar-refractivity contribution in [3.8, 4) is 0 Å². The highest BCUT2D eigenvalue weighted by Crippen LogP contribution is 2.11. The summed E-state index contributed by atoms with van der Waals surface area (Å²) in [4.78, 5) is 0. The van der Waals surface area contributed by atoms with Crippen molar-refractivity contribution < 1.29 is 13.2 Å². The summed E-state index contributed by atoms with van der Waals surface area (Å²) < 4.78 is 24.0. The molecule has 0 aromatic heterocycles. The third-order valence-corrected chi connectivity index (χ3v) is 5.31. The van der Waals surface area contributed by atoms with Gasteiger partial charge in [-0.3, -0.25) is 0 Å². The molecule has 0 saturated heterocycles. The molecule has 1 aromatic carbocycles. The molecule has 0 aliphatic rings. The standard InChI is InChI=1S/C15H25FO2Si/c1-3-17-19(18-4-2)13-7-5-6-8-14-9-11-15(16)12-10-14/h9-12,19H,3-8,13H2,1-2H3. The van der Waals surface area contributed by atoms with Crippen molar-refractivity contribution in [3.05, 3.63) is 35.6 Å². The molecule has 108 valence electrons. The average molecular weight is 284 g/mol. The maximum atomic E-state index is 12.7. The maximum absolute atomic E-state index is 12.7. The van der Waals surface area contributed by atoms with Gasteiger partial charge in [-0.1, -0.05) is 25.0 Å². The van der Waals surface area contributed by atoms with Crippen LogP contribution in [-0.4, -0.2) is 22.5 Å². The summed E-state index contributed by atoms with van der Waals surface area (Å²) in [5.74, 6) is -0.161. The molecule has 0 amide bonds. The van der Waals surface area contributed by atoms with Gasteiger partial charge in [-0.2, -0.15) is 0 Å². The van der Waals surface area contributed by atoms with Crippen LogP contribution >= 0.6 is 0 Å². The van der Waals surface area contributed by atoms with E-state index in [1.165, 1.54) is 24.1 Å². The van der Waals surface area contributed by atoms with Gasteiger partial charge in [-0.15, -0.1) is 0 Å². The van der Waals surface area contributed by atoms with E-state index >= 15 is 0 Å².